The number of alkyl halides is 1. The van der Waals surface area contributed by atoms with Gasteiger partial charge in [-0.3, -0.25) is 0 Å². The Balaban J connectivity index is 0. The molecule has 2 heteroatoms. The molecule has 0 aromatic rings. The van der Waals surface area contributed by atoms with Gasteiger partial charge in [0.2, 0.25) is 0 Å². The number of halogens is 1. The van der Waals surface area contributed by atoms with Crippen LogP contribution in [0.25, 0.3) is 0 Å². The Kier molecular flexibility index (Phi) is 28.0. The van der Waals surface area contributed by atoms with Gasteiger partial charge < -0.3 is 4.90 Å². The van der Waals surface area contributed by atoms with Gasteiger partial charge in [0.05, 0.1) is 0 Å². The van der Waals surface area contributed by atoms with Crippen LogP contribution in [0.4, 0.5) is 0 Å². The van der Waals surface area contributed by atoms with E-state index in [2.05, 4.69) is 60.9 Å². The Hall–Kier alpha value is 0.180. The largest absolute Gasteiger partial charge is 0.310 e. The summed E-state index contributed by atoms with van der Waals surface area (Å²) in [5, 5.41) is 1.17. The molecule has 0 spiro atoms. The van der Waals surface area contributed by atoms with Crippen molar-refractivity contribution in [3.8, 4) is 0 Å². The molecular formula is C22H46BrN. The van der Waals surface area contributed by atoms with Gasteiger partial charge in [0.1, 0.15) is 0 Å². The Bertz CT molecular complexity index is 226. The summed E-state index contributed by atoms with van der Waals surface area (Å²) in [5.41, 5.74) is 0. The highest BCUT2D eigenvalue weighted by Gasteiger charge is 1.90. The average molecular weight is 405 g/mol. The molecular weight excluding hydrogens is 358 g/mol. The van der Waals surface area contributed by atoms with Crippen molar-refractivity contribution >= 4 is 15.9 Å². The Morgan fingerprint density at radius 1 is 0.625 bits per heavy atom. The zero-order chi connectivity index (χ0) is 18.3. The van der Waals surface area contributed by atoms with Crippen LogP contribution in [-0.2, 0) is 0 Å². The molecule has 0 aromatic carbocycles. The van der Waals surface area contributed by atoms with E-state index in [-0.39, 0.29) is 0 Å². The molecule has 146 valence electrons. The standard InChI is InChI=1S/C18H35Br.C4H11N/c1-2-3-4-5-6-7-8-9-10-11-12-13-14-15-16-17-18-19;1-4-5(2)3/h9-10H,2-8,11-18H2,1H3;4H2,1-3H3/b10-9-;. The minimum Gasteiger partial charge on any atom is -0.310 e. The summed E-state index contributed by atoms with van der Waals surface area (Å²) >= 11 is 3.48. The lowest BCUT2D eigenvalue weighted by Crippen LogP contribution is -2.08. The normalized spacial score (nSPS) is 11.1. The fourth-order valence-corrected chi connectivity index (χ4v) is 2.74. The van der Waals surface area contributed by atoms with Crippen LogP contribution in [0.5, 0.6) is 0 Å². The van der Waals surface area contributed by atoms with Gasteiger partial charge in [-0.15, -0.1) is 0 Å². The second-order valence-electron chi connectivity index (χ2n) is 7.02. The van der Waals surface area contributed by atoms with E-state index in [0.29, 0.717) is 0 Å². The lowest BCUT2D eigenvalue weighted by Gasteiger charge is -2.00. The molecule has 0 atom stereocenters. The summed E-state index contributed by atoms with van der Waals surface area (Å²) in [5.74, 6) is 0. The third-order valence-electron chi connectivity index (χ3n) is 4.28. The van der Waals surface area contributed by atoms with Gasteiger partial charge in [-0.2, -0.15) is 0 Å². The lowest BCUT2D eigenvalue weighted by atomic mass is 10.1. The van der Waals surface area contributed by atoms with Crippen LogP contribution < -0.4 is 0 Å². The van der Waals surface area contributed by atoms with Gasteiger partial charge in [-0.1, -0.05) is 99.7 Å². The highest BCUT2D eigenvalue weighted by atomic mass is 79.9. The second-order valence-corrected chi connectivity index (χ2v) is 7.82. The molecule has 0 saturated carbocycles. The SMILES string of the molecule is CCCCCCCC/C=C\CCCCCCCCBr.CCN(C)C. The van der Waals surface area contributed by atoms with Crippen LogP contribution in [0.3, 0.4) is 0 Å². The molecule has 0 bridgehead atoms. The van der Waals surface area contributed by atoms with Crippen molar-refractivity contribution < 1.29 is 0 Å². The molecule has 0 aliphatic carbocycles. The van der Waals surface area contributed by atoms with Gasteiger partial charge >= 0.3 is 0 Å². The maximum absolute atomic E-state index is 3.48. The van der Waals surface area contributed by atoms with Gasteiger partial charge in [-0.25, -0.2) is 0 Å². The average Bonchev–Trinajstić information content (AvgIpc) is 2.59. The minimum absolute atomic E-state index is 1.14. The van der Waals surface area contributed by atoms with Gasteiger partial charge in [0.25, 0.3) is 0 Å². The van der Waals surface area contributed by atoms with E-state index < -0.39 is 0 Å². The Morgan fingerprint density at radius 2 is 1.00 bits per heavy atom. The van der Waals surface area contributed by atoms with Crippen molar-refractivity contribution in [2.75, 3.05) is 26.0 Å². The van der Waals surface area contributed by atoms with Crippen LogP contribution >= 0.6 is 15.9 Å². The molecule has 0 rings (SSSR count). The minimum atomic E-state index is 1.14. The van der Waals surface area contributed by atoms with Crippen molar-refractivity contribution in [3.63, 3.8) is 0 Å². The van der Waals surface area contributed by atoms with E-state index in [1.807, 2.05) is 0 Å². The van der Waals surface area contributed by atoms with Crippen LogP contribution in [-0.4, -0.2) is 30.9 Å². The van der Waals surface area contributed by atoms with Crippen LogP contribution in [0.1, 0.15) is 104 Å². The molecule has 0 unspecified atom stereocenters. The van der Waals surface area contributed by atoms with Crippen molar-refractivity contribution in [2.24, 2.45) is 0 Å². The molecule has 0 aliphatic rings. The summed E-state index contributed by atoms with van der Waals surface area (Å²) in [6.45, 7) is 5.55. The molecule has 0 amide bonds. The number of nitrogens with zero attached hydrogens (tertiary/aromatic N) is 1. The van der Waals surface area contributed by atoms with Crippen molar-refractivity contribution in [1.82, 2.24) is 4.90 Å². The van der Waals surface area contributed by atoms with E-state index in [4.69, 9.17) is 0 Å². The number of hydrogen-bond donors (Lipinski definition) is 0. The molecule has 1 nitrogen and oxygen atoms in total. The number of hydrogen-bond acceptors (Lipinski definition) is 1. The highest BCUT2D eigenvalue weighted by Crippen LogP contribution is 2.10. The fourth-order valence-electron chi connectivity index (χ4n) is 2.34. The molecule has 0 heterocycles. The number of rotatable bonds is 16. The number of unbranched alkanes of at least 4 members (excludes halogenated alkanes) is 12. The lowest BCUT2D eigenvalue weighted by molar-refractivity contribution is 0.434. The summed E-state index contributed by atoms with van der Waals surface area (Å²) in [4.78, 5) is 2.12. The first-order valence-corrected chi connectivity index (χ1v) is 11.7. The molecule has 0 fully saturated rings. The smallest absolute Gasteiger partial charge is 0.00313 e. The van der Waals surface area contributed by atoms with E-state index in [1.54, 1.807) is 0 Å². The predicted octanol–water partition coefficient (Wildman–Crippen LogP) is 7.99. The van der Waals surface area contributed by atoms with E-state index in [9.17, 15) is 0 Å². The van der Waals surface area contributed by atoms with Crippen LogP contribution in [0, 0.1) is 0 Å². The Morgan fingerprint density at radius 3 is 1.38 bits per heavy atom. The van der Waals surface area contributed by atoms with E-state index in [0.717, 1.165) is 6.54 Å². The van der Waals surface area contributed by atoms with Crippen LogP contribution in [0.2, 0.25) is 0 Å². The van der Waals surface area contributed by atoms with E-state index in [1.165, 1.54) is 95.2 Å². The fraction of sp³-hybridized carbons (Fsp3) is 0.909. The first kappa shape index (κ1) is 26.4. The van der Waals surface area contributed by atoms with Gasteiger partial charge in [0.15, 0.2) is 0 Å². The van der Waals surface area contributed by atoms with Crippen molar-refractivity contribution in [1.29, 1.82) is 0 Å². The predicted molar refractivity (Wildman–Crippen MR) is 117 cm³/mol. The topological polar surface area (TPSA) is 3.24 Å². The van der Waals surface area contributed by atoms with Gasteiger partial charge in [0, 0.05) is 5.33 Å². The maximum atomic E-state index is 3.48. The van der Waals surface area contributed by atoms with Gasteiger partial charge in [-0.05, 0) is 52.7 Å². The molecule has 0 radical (unpaired) electrons. The monoisotopic (exact) mass is 403 g/mol. The maximum Gasteiger partial charge on any atom is 0.00313 e. The summed E-state index contributed by atoms with van der Waals surface area (Å²) in [6.07, 6.45) is 24.3. The Labute approximate surface area is 162 Å². The zero-order valence-corrected chi connectivity index (χ0v) is 18.9. The number of allylic oxidation sites excluding steroid dienone is 2. The van der Waals surface area contributed by atoms with Crippen molar-refractivity contribution in [3.05, 3.63) is 12.2 Å². The third kappa shape index (κ3) is 30.1. The van der Waals surface area contributed by atoms with E-state index >= 15 is 0 Å². The molecule has 0 aromatic heterocycles. The van der Waals surface area contributed by atoms with Crippen LogP contribution in [0.15, 0.2) is 12.2 Å². The first-order valence-electron chi connectivity index (χ1n) is 10.5. The summed E-state index contributed by atoms with van der Waals surface area (Å²) in [6, 6.07) is 0. The zero-order valence-electron chi connectivity index (χ0n) is 17.3. The molecule has 0 saturated heterocycles. The quantitative estimate of drug-likeness (QED) is 0.143. The summed E-state index contributed by atoms with van der Waals surface area (Å²) in [7, 11) is 4.11. The molecule has 0 N–H and O–H groups in total. The first-order chi connectivity index (χ1) is 11.7. The summed E-state index contributed by atoms with van der Waals surface area (Å²) < 4.78 is 0. The second kappa shape index (κ2) is 25.4. The molecule has 0 aliphatic heterocycles. The van der Waals surface area contributed by atoms with Crippen molar-refractivity contribution in [2.45, 2.75) is 104 Å². The molecule has 24 heavy (non-hydrogen) atoms. The highest BCUT2D eigenvalue weighted by molar-refractivity contribution is 9.09. The third-order valence-corrected chi connectivity index (χ3v) is 4.84.